The van der Waals surface area contributed by atoms with Gasteiger partial charge >= 0.3 is 0 Å². The van der Waals surface area contributed by atoms with Crippen LogP contribution in [0.1, 0.15) is 35.4 Å². The van der Waals surface area contributed by atoms with Crippen LogP contribution in [-0.2, 0) is 11.0 Å². The van der Waals surface area contributed by atoms with Crippen LogP contribution in [0.4, 0.5) is 0 Å². The summed E-state index contributed by atoms with van der Waals surface area (Å²) in [6, 6.07) is 20.0. The molecule has 6 rings (SSSR count). The molecule has 0 bridgehead atoms. The second-order valence-electron chi connectivity index (χ2n) is 10.8. The molecule has 0 spiro atoms. The summed E-state index contributed by atoms with van der Waals surface area (Å²) in [5, 5.41) is 5.43. The van der Waals surface area contributed by atoms with Gasteiger partial charge in [-0.15, -0.1) is 34.0 Å². The highest BCUT2D eigenvalue weighted by atomic mass is 32.1. The lowest BCUT2D eigenvalue weighted by atomic mass is 10.1. The van der Waals surface area contributed by atoms with Crippen molar-refractivity contribution in [2.75, 3.05) is 0 Å². The van der Waals surface area contributed by atoms with E-state index in [1.807, 2.05) is 46.3 Å². The fraction of sp³-hybridized carbons (Fsp3) is 0.233. The molecule has 0 radical (unpaired) electrons. The van der Waals surface area contributed by atoms with E-state index >= 15 is 0 Å². The highest BCUT2D eigenvalue weighted by molar-refractivity contribution is 7.21. The molecular weight excluding hydrogens is 515 g/mol. The van der Waals surface area contributed by atoms with E-state index < -0.39 is 8.32 Å². The van der Waals surface area contributed by atoms with Crippen molar-refractivity contribution in [3.8, 4) is 0 Å². The van der Waals surface area contributed by atoms with Gasteiger partial charge in [0.2, 0.25) is 0 Å². The van der Waals surface area contributed by atoms with Gasteiger partial charge in [-0.2, -0.15) is 0 Å². The largest absolute Gasteiger partial charge is 0.412 e. The smallest absolute Gasteiger partial charge is 0.192 e. The molecule has 0 atom stereocenters. The average molecular weight is 544 g/mol. The van der Waals surface area contributed by atoms with Crippen molar-refractivity contribution in [1.82, 2.24) is 4.98 Å². The molecule has 0 saturated heterocycles. The van der Waals surface area contributed by atoms with Gasteiger partial charge in [0.25, 0.3) is 0 Å². The summed E-state index contributed by atoms with van der Waals surface area (Å²) in [6.07, 6.45) is 6.37. The van der Waals surface area contributed by atoms with Crippen molar-refractivity contribution in [1.29, 1.82) is 0 Å². The second-order valence-corrected chi connectivity index (χ2v) is 19.0. The number of benzene rings is 2. The molecule has 36 heavy (non-hydrogen) atoms. The molecule has 0 fully saturated rings. The first-order valence-electron chi connectivity index (χ1n) is 12.2. The summed E-state index contributed by atoms with van der Waals surface area (Å²) in [5.41, 5.74) is 1.05. The van der Waals surface area contributed by atoms with Crippen LogP contribution in [0, 0.1) is 0 Å². The van der Waals surface area contributed by atoms with Crippen LogP contribution >= 0.6 is 34.0 Å². The van der Waals surface area contributed by atoms with Gasteiger partial charge in [-0.1, -0.05) is 26.8 Å². The standard InChI is InChI=1S/C30H29NOS3Si/c1-30(2,3)36(4,5)32-18-21-17-25-24-16-20(34-28(24)12-13-29(25)35-21)9-8-19-15-23-22-7-6-14-31-26(22)10-11-27(23)33-19/h6-17H,18H2,1-5H3/b9-8+. The fourth-order valence-corrected chi connectivity index (χ4v) is 8.27. The topological polar surface area (TPSA) is 22.1 Å². The van der Waals surface area contributed by atoms with Gasteiger partial charge in [0, 0.05) is 56.5 Å². The van der Waals surface area contributed by atoms with Gasteiger partial charge < -0.3 is 4.43 Å². The van der Waals surface area contributed by atoms with Gasteiger partial charge in [-0.3, -0.25) is 4.98 Å². The summed E-state index contributed by atoms with van der Waals surface area (Å²) < 4.78 is 10.5. The van der Waals surface area contributed by atoms with Crippen molar-refractivity contribution >= 4 is 95.6 Å². The van der Waals surface area contributed by atoms with E-state index in [2.05, 4.69) is 99.5 Å². The van der Waals surface area contributed by atoms with E-state index in [9.17, 15) is 0 Å². The van der Waals surface area contributed by atoms with Crippen molar-refractivity contribution in [3.05, 3.63) is 75.4 Å². The first kappa shape index (κ1) is 24.0. The maximum atomic E-state index is 6.50. The highest BCUT2D eigenvalue weighted by Crippen LogP contribution is 2.40. The molecule has 0 saturated carbocycles. The molecule has 0 unspecified atom stereocenters. The Morgan fingerprint density at radius 1 is 0.778 bits per heavy atom. The number of rotatable bonds is 5. The Bertz CT molecular complexity index is 1760. The molecular formula is C30H29NOS3Si. The minimum atomic E-state index is -1.76. The van der Waals surface area contributed by atoms with Crippen molar-refractivity contribution in [3.63, 3.8) is 0 Å². The molecule has 6 heteroatoms. The van der Waals surface area contributed by atoms with Crippen LogP contribution in [0.2, 0.25) is 18.1 Å². The van der Waals surface area contributed by atoms with Crippen molar-refractivity contribution in [2.24, 2.45) is 0 Å². The molecule has 4 aromatic heterocycles. The van der Waals surface area contributed by atoms with Crippen LogP contribution in [0.15, 0.2) is 60.8 Å². The van der Waals surface area contributed by atoms with Crippen molar-refractivity contribution < 1.29 is 4.43 Å². The second kappa shape index (κ2) is 8.89. The predicted molar refractivity (Wildman–Crippen MR) is 165 cm³/mol. The number of nitrogens with zero attached hydrogens (tertiary/aromatic N) is 1. The zero-order valence-corrected chi connectivity index (χ0v) is 24.7. The Balaban J connectivity index is 1.29. The van der Waals surface area contributed by atoms with Gasteiger partial charge in [-0.05, 0) is 78.8 Å². The van der Waals surface area contributed by atoms with Crippen molar-refractivity contribution in [2.45, 2.75) is 45.5 Å². The van der Waals surface area contributed by atoms with Gasteiger partial charge in [0.15, 0.2) is 8.32 Å². The van der Waals surface area contributed by atoms with Gasteiger partial charge in [-0.25, -0.2) is 0 Å². The summed E-state index contributed by atoms with van der Waals surface area (Å²) in [7, 11) is -1.76. The Morgan fingerprint density at radius 2 is 1.36 bits per heavy atom. The number of fused-ring (bicyclic) bond motifs is 6. The third-order valence-corrected chi connectivity index (χ3v) is 15.0. The Labute approximate surface area is 225 Å². The predicted octanol–water partition coefficient (Wildman–Crippen LogP) is 10.6. The molecule has 0 aliphatic carbocycles. The zero-order chi connectivity index (χ0) is 25.1. The number of pyridine rings is 1. The normalized spacial score (nSPS) is 13.2. The van der Waals surface area contributed by atoms with Crippen LogP contribution < -0.4 is 0 Å². The molecule has 4 heterocycles. The zero-order valence-electron chi connectivity index (χ0n) is 21.2. The fourth-order valence-electron chi connectivity index (χ4n) is 4.26. The van der Waals surface area contributed by atoms with E-state index in [0.717, 1.165) is 5.52 Å². The van der Waals surface area contributed by atoms with E-state index in [1.165, 1.54) is 50.3 Å². The summed E-state index contributed by atoms with van der Waals surface area (Å²) in [5.74, 6) is 0. The number of thiophene rings is 3. The quantitative estimate of drug-likeness (QED) is 0.202. The van der Waals surface area contributed by atoms with E-state index in [-0.39, 0.29) is 5.04 Å². The molecule has 0 aliphatic heterocycles. The Kier molecular flexibility index (Phi) is 5.93. The lowest BCUT2D eigenvalue weighted by Crippen LogP contribution is -2.40. The van der Waals surface area contributed by atoms with Gasteiger partial charge in [0.05, 0.1) is 12.1 Å². The molecule has 182 valence electrons. The Morgan fingerprint density at radius 3 is 2.03 bits per heavy atom. The van der Waals surface area contributed by atoms with Gasteiger partial charge in [0.1, 0.15) is 0 Å². The Hall–Kier alpha value is -2.35. The average Bonchev–Trinajstić information content (AvgIpc) is 3.56. The maximum Gasteiger partial charge on any atom is 0.192 e. The molecule has 2 aromatic carbocycles. The van der Waals surface area contributed by atoms with E-state index in [0.29, 0.717) is 6.61 Å². The number of hydrogen-bond acceptors (Lipinski definition) is 5. The van der Waals surface area contributed by atoms with Crippen LogP contribution in [0.5, 0.6) is 0 Å². The van der Waals surface area contributed by atoms with E-state index in [1.54, 1.807) is 0 Å². The van der Waals surface area contributed by atoms with E-state index in [4.69, 9.17) is 4.43 Å². The molecule has 6 aromatic rings. The summed E-state index contributed by atoms with van der Waals surface area (Å²) in [6.45, 7) is 12.3. The minimum Gasteiger partial charge on any atom is -0.412 e. The lowest BCUT2D eigenvalue weighted by molar-refractivity contribution is 0.279. The molecule has 2 nitrogen and oxygen atoms in total. The SMILES string of the molecule is CC(C)(C)[Si](C)(C)OCc1cc2c(ccc3sc(/C=C/c4cc5c(ccc6ncccc65)s4)cc32)s1. The third-order valence-electron chi connectivity index (χ3n) is 7.36. The maximum absolute atomic E-state index is 6.50. The number of aromatic nitrogens is 1. The first-order chi connectivity index (χ1) is 17.2. The minimum absolute atomic E-state index is 0.226. The summed E-state index contributed by atoms with van der Waals surface area (Å²) >= 11 is 5.56. The van der Waals surface area contributed by atoms with Crippen LogP contribution in [0.3, 0.4) is 0 Å². The molecule has 0 aliphatic rings. The number of hydrogen-bond donors (Lipinski definition) is 0. The highest BCUT2D eigenvalue weighted by Gasteiger charge is 2.37. The monoisotopic (exact) mass is 543 g/mol. The third kappa shape index (κ3) is 4.35. The van der Waals surface area contributed by atoms with Crippen LogP contribution in [-0.4, -0.2) is 13.3 Å². The molecule has 0 amide bonds. The summed E-state index contributed by atoms with van der Waals surface area (Å²) in [4.78, 5) is 8.37. The van der Waals surface area contributed by atoms with Crippen LogP contribution in [0.25, 0.3) is 53.3 Å². The lowest BCUT2D eigenvalue weighted by Gasteiger charge is -2.36. The first-order valence-corrected chi connectivity index (χ1v) is 17.6. The molecule has 0 N–H and O–H groups in total.